The third-order valence-electron chi connectivity index (χ3n) is 4.27. The zero-order valence-electron chi connectivity index (χ0n) is 14.9. The maximum atomic E-state index is 10.8. The minimum Gasteiger partial charge on any atom is -0.366 e. The van der Waals surface area contributed by atoms with Crippen molar-refractivity contribution >= 4 is 11.5 Å². The summed E-state index contributed by atoms with van der Waals surface area (Å²) in [6, 6.07) is 8.18. The highest BCUT2D eigenvalue weighted by Crippen LogP contribution is 2.22. The molecule has 0 saturated heterocycles. The zero-order chi connectivity index (χ0) is 18.7. The van der Waals surface area contributed by atoms with Gasteiger partial charge in [-0.25, -0.2) is 9.97 Å². The number of nitrogens with zero attached hydrogens (tertiary/aromatic N) is 5. The molecule has 3 rings (SSSR count). The highest BCUT2D eigenvalue weighted by atomic mass is 16.6. The number of nitro benzene ring substituents is 1. The number of hydrogen-bond donors (Lipinski definition) is 1. The molecule has 26 heavy (non-hydrogen) atoms. The first-order valence-corrected chi connectivity index (χ1v) is 8.32. The number of aryl methyl sites for hydroxylation is 2. The number of anilines is 1. The number of benzene rings is 1. The second kappa shape index (κ2) is 7.30. The predicted octanol–water partition coefficient (Wildman–Crippen LogP) is 3.27. The summed E-state index contributed by atoms with van der Waals surface area (Å²) in [6.45, 7) is 4.65. The highest BCUT2D eigenvalue weighted by Gasteiger charge is 2.10. The average Bonchev–Trinajstić information content (AvgIpc) is 2.98. The van der Waals surface area contributed by atoms with Gasteiger partial charge in [0.1, 0.15) is 5.82 Å². The Hall–Kier alpha value is -3.29. The topological polar surface area (TPSA) is 98.8 Å². The second-order valence-electron chi connectivity index (χ2n) is 5.96. The molecule has 3 aromatic rings. The van der Waals surface area contributed by atoms with E-state index in [-0.39, 0.29) is 5.69 Å². The van der Waals surface area contributed by atoms with Crippen LogP contribution in [0.25, 0.3) is 11.4 Å². The Labute approximate surface area is 151 Å². The molecule has 134 valence electrons. The van der Waals surface area contributed by atoms with E-state index in [1.807, 2.05) is 37.8 Å². The van der Waals surface area contributed by atoms with Gasteiger partial charge < -0.3 is 5.32 Å². The summed E-state index contributed by atoms with van der Waals surface area (Å²) in [5, 5.41) is 18.4. The van der Waals surface area contributed by atoms with E-state index in [1.54, 1.807) is 12.1 Å². The van der Waals surface area contributed by atoms with Crippen molar-refractivity contribution < 1.29 is 4.92 Å². The maximum Gasteiger partial charge on any atom is 0.269 e. The van der Waals surface area contributed by atoms with Crippen LogP contribution in [0, 0.1) is 17.0 Å². The second-order valence-corrected chi connectivity index (χ2v) is 5.96. The lowest BCUT2D eigenvalue weighted by Crippen LogP contribution is -2.06. The molecule has 0 aliphatic carbocycles. The first kappa shape index (κ1) is 17.5. The maximum absolute atomic E-state index is 10.8. The molecule has 1 N–H and O–H groups in total. The van der Waals surface area contributed by atoms with Gasteiger partial charge in [-0.2, -0.15) is 5.10 Å². The fourth-order valence-corrected chi connectivity index (χ4v) is 2.53. The number of non-ortho nitro benzene ring substituents is 1. The van der Waals surface area contributed by atoms with E-state index in [0.29, 0.717) is 18.2 Å². The van der Waals surface area contributed by atoms with Crippen LogP contribution in [0.3, 0.4) is 0 Å². The van der Waals surface area contributed by atoms with Gasteiger partial charge in [0, 0.05) is 54.3 Å². The number of aromatic nitrogens is 4. The van der Waals surface area contributed by atoms with Gasteiger partial charge in [-0.05, 0) is 25.5 Å². The lowest BCUT2D eigenvalue weighted by atomic mass is 10.2. The number of hydrogen-bond acceptors (Lipinski definition) is 6. The van der Waals surface area contributed by atoms with Gasteiger partial charge in [0.15, 0.2) is 5.82 Å². The fraction of sp³-hybridized carbons (Fsp3) is 0.278. The van der Waals surface area contributed by atoms with Crippen LogP contribution in [0.2, 0.25) is 0 Å². The van der Waals surface area contributed by atoms with Gasteiger partial charge in [-0.1, -0.05) is 6.92 Å². The van der Waals surface area contributed by atoms with Crippen molar-refractivity contribution in [3.05, 3.63) is 63.6 Å². The molecule has 0 amide bonds. The van der Waals surface area contributed by atoms with E-state index in [4.69, 9.17) is 0 Å². The Morgan fingerprint density at radius 1 is 1.23 bits per heavy atom. The van der Waals surface area contributed by atoms with Crippen molar-refractivity contribution in [2.75, 3.05) is 5.32 Å². The first-order chi connectivity index (χ1) is 12.5. The molecule has 0 aliphatic heterocycles. The molecule has 0 spiro atoms. The lowest BCUT2D eigenvalue weighted by Gasteiger charge is -2.09. The fourth-order valence-electron chi connectivity index (χ4n) is 2.53. The van der Waals surface area contributed by atoms with Crippen LogP contribution in [-0.2, 0) is 20.0 Å². The van der Waals surface area contributed by atoms with Crippen LogP contribution in [-0.4, -0.2) is 24.7 Å². The molecule has 0 bridgehead atoms. The minimum absolute atomic E-state index is 0.0470. The molecule has 8 nitrogen and oxygen atoms in total. The Kier molecular flexibility index (Phi) is 4.92. The van der Waals surface area contributed by atoms with Gasteiger partial charge >= 0.3 is 0 Å². The number of rotatable bonds is 6. The Morgan fingerprint density at radius 2 is 1.96 bits per heavy atom. The van der Waals surface area contributed by atoms with Crippen molar-refractivity contribution in [3.8, 4) is 11.4 Å². The molecule has 0 saturated carbocycles. The van der Waals surface area contributed by atoms with Crippen LogP contribution in [0.1, 0.15) is 23.9 Å². The molecule has 0 radical (unpaired) electrons. The van der Waals surface area contributed by atoms with Gasteiger partial charge in [0.05, 0.1) is 11.1 Å². The summed E-state index contributed by atoms with van der Waals surface area (Å²) in [4.78, 5) is 19.5. The normalized spacial score (nSPS) is 10.7. The lowest BCUT2D eigenvalue weighted by molar-refractivity contribution is -0.384. The monoisotopic (exact) mass is 352 g/mol. The molecule has 0 fully saturated rings. The van der Waals surface area contributed by atoms with E-state index in [2.05, 4.69) is 20.4 Å². The van der Waals surface area contributed by atoms with Crippen LogP contribution in [0.4, 0.5) is 11.5 Å². The smallest absolute Gasteiger partial charge is 0.269 e. The first-order valence-electron chi connectivity index (χ1n) is 8.32. The van der Waals surface area contributed by atoms with Crippen LogP contribution >= 0.6 is 0 Å². The van der Waals surface area contributed by atoms with Crippen molar-refractivity contribution in [2.24, 2.45) is 7.05 Å². The Bertz CT molecular complexity index is 933. The van der Waals surface area contributed by atoms with Crippen LogP contribution < -0.4 is 5.32 Å². The van der Waals surface area contributed by atoms with E-state index in [9.17, 15) is 10.1 Å². The van der Waals surface area contributed by atoms with Crippen molar-refractivity contribution in [1.82, 2.24) is 19.7 Å². The van der Waals surface area contributed by atoms with E-state index < -0.39 is 4.92 Å². The molecule has 0 aliphatic rings. The molecular weight excluding hydrogens is 332 g/mol. The summed E-state index contributed by atoms with van der Waals surface area (Å²) in [5.74, 6) is 1.26. The summed E-state index contributed by atoms with van der Waals surface area (Å²) in [5.41, 5.74) is 3.88. The highest BCUT2D eigenvalue weighted by molar-refractivity contribution is 5.59. The third kappa shape index (κ3) is 3.69. The summed E-state index contributed by atoms with van der Waals surface area (Å²) >= 11 is 0. The van der Waals surface area contributed by atoms with Crippen molar-refractivity contribution in [2.45, 2.75) is 26.8 Å². The molecule has 1 aromatic carbocycles. The molecule has 8 heteroatoms. The third-order valence-corrected chi connectivity index (χ3v) is 4.27. The SMILES string of the molecule is CCc1cc(NCc2cnn(C)c2C)nc(-c2ccc([N+](=O)[O-])cc2)n1. The number of nitro groups is 1. The van der Waals surface area contributed by atoms with Crippen LogP contribution in [0.5, 0.6) is 0 Å². The Balaban J connectivity index is 1.86. The summed E-state index contributed by atoms with van der Waals surface area (Å²) in [6.07, 6.45) is 2.60. The van der Waals surface area contributed by atoms with Gasteiger partial charge in [-0.3, -0.25) is 14.8 Å². The van der Waals surface area contributed by atoms with Gasteiger partial charge in [0.2, 0.25) is 0 Å². The van der Waals surface area contributed by atoms with E-state index in [0.717, 1.165) is 28.9 Å². The summed E-state index contributed by atoms with van der Waals surface area (Å²) < 4.78 is 1.83. The zero-order valence-corrected chi connectivity index (χ0v) is 14.9. The van der Waals surface area contributed by atoms with Crippen molar-refractivity contribution in [3.63, 3.8) is 0 Å². The molecule has 2 heterocycles. The van der Waals surface area contributed by atoms with E-state index >= 15 is 0 Å². The van der Waals surface area contributed by atoms with Crippen molar-refractivity contribution in [1.29, 1.82) is 0 Å². The van der Waals surface area contributed by atoms with Crippen LogP contribution in [0.15, 0.2) is 36.5 Å². The van der Waals surface area contributed by atoms with Gasteiger partial charge in [0.25, 0.3) is 5.69 Å². The molecule has 0 atom stereocenters. The Morgan fingerprint density at radius 3 is 2.54 bits per heavy atom. The minimum atomic E-state index is -0.420. The molecular formula is C18H20N6O2. The molecule has 0 unspecified atom stereocenters. The van der Waals surface area contributed by atoms with E-state index in [1.165, 1.54) is 12.1 Å². The molecule has 2 aromatic heterocycles. The summed E-state index contributed by atoms with van der Waals surface area (Å²) in [7, 11) is 1.91. The number of nitrogens with one attached hydrogen (secondary N) is 1. The largest absolute Gasteiger partial charge is 0.366 e. The van der Waals surface area contributed by atoms with Gasteiger partial charge in [-0.15, -0.1) is 0 Å². The standard InChI is InChI=1S/C18H20N6O2/c1-4-15-9-17(19-10-14-11-20-23(3)12(14)2)22-18(21-15)13-5-7-16(8-6-13)24(25)26/h5-9,11H,4,10H2,1-3H3,(H,19,21,22). The quantitative estimate of drug-likeness (QED) is 0.540. The predicted molar refractivity (Wildman–Crippen MR) is 98.8 cm³/mol. The average molecular weight is 352 g/mol.